The van der Waals surface area contributed by atoms with Crippen LogP contribution in [0.2, 0.25) is 5.02 Å². The smallest absolute Gasteiger partial charge is 0.251 e. The number of ether oxygens (including phenoxy) is 3. The van der Waals surface area contributed by atoms with E-state index in [9.17, 15) is 4.79 Å². The van der Waals surface area contributed by atoms with Crippen LogP contribution in [0.25, 0.3) is 0 Å². The molecular formula is C20H22ClNO4. The summed E-state index contributed by atoms with van der Waals surface area (Å²) in [6.45, 7) is 1.59. The van der Waals surface area contributed by atoms with Crippen molar-refractivity contribution in [2.75, 3.05) is 20.3 Å². The molecule has 0 saturated carbocycles. The number of hydrogen-bond acceptors (Lipinski definition) is 4. The molecule has 1 atom stereocenters. The molecule has 1 fully saturated rings. The van der Waals surface area contributed by atoms with E-state index < -0.39 is 0 Å². The van der Waals surface area contributed by atoms with Crippen LogP contribution in [0.3, 0.4) is 0 Å². The maximum absolute atomic E-state index is 12.4. The third-order valence-corrected chi connectivity index (χ3v) is 4.52. The number of benzene rings is 2. The molecule has 2 aromatic carbocycles. The topological polar surface area (TPSA) is 56.8 Å². The summed E-state index contributed by atoms with van der Waals surface area (Å²) in [5.74, 6) is 1.25. The van der Waals surface area contributed by atoms with Crippen molar-refractivity contribution in [1.29, 1.82) is 0 Å². The Labute approximate surface area is 158 Å². The minimum absolute atomic E-state index is 0.116. The van der Waals surface area contributed by atoms with E-state index in [2.05, 4.69) is 5.32 Å². The molecule has 1 saturated heterocycles. The van der Waals surface area contributed by atoms with Gasteiger partial charge in [-0.2, -0.15) is 0 Å². The maximum atomic E-state index is 12.4. The Balaban J connectivity index is 1.64. The van der Waals surface area contributed by atoms with Crippen LogP contribution in [-0.2, 0) is 11.3 Å². The maximum Gasteiger partial charge on any atom is 0.251 e. The predicted molar refractivity (Wildman–Crippen MR) is 100 cm³/mol. The van der Waals surface area contributed by atoms with Crippen LogP contribution >= 0.6 is 11.6 Å². The largest absolute Gasteiger partial charge is 0.496 e. The van der Waals surface area contributed by atoms with Gasteiger partial charge in [0.05, 0.1) is 13.2 Å². The lowest BCUT2D eigenvalue weighted by Gasteiger charge is -2.14. The van der Waals surface area contributed by atoms with Crippen LogP contribution in [0.1, 0.15) is 28.8 Å². The molecular weight excluding hydrogens is 354 g/mol. The van der Waals surface area contributed by atoms with Gasteiger partial charge in [0, 0.05) is 29.3 Å². The van der Waals surface area contributed by atoms with Crippen molar-refractivity contribution in [2.24, 2.45) is 0 Å². The standard InChI is InChI=1S/C20H22ClNO4/c1-24-19-9-4-14(20(23)22-12-18-3-2-10-25-18)11-15(19)13-26-17-7-5-16(21)6-8-17/h4-9,11,18H,2-3,10,12-13H2,1H3,(H,22,23)/t18-/m0/s1. The summed E-state index contributed by atoms with van der Waals surface area (Å²) in [5.41, 5.74) is 1.37. The zero-order valence-corrected chi connectivity index (χ0v) is 15.4. The summed E-state index contributed by atoms with van der Waals surface area (Å²) >= 11 is 5.88. The molecule has 0 aliphatic carbocycles. The second-order valence-corrected chi connectivity index (χ2v) is 6.55. The van der Waals surface area contributed by atoms with Gasteiger partial charge in [0.2, 0.25) is 0 Å². The molecule has 0 bridgehead atoms. The van der Waals surface area contributed by atoms with Gasteiger partial charge < -0.3 is 19.5 Å². The Kier molecular flexibility index (Phi) is 6.36. The highest BCUT2D eigenvalue weighted by Gasteiger charge is 2.17. The van der Waals surface area contributed by atoms with Gasteiger partial charge >= 0.3 is 0 Å². The molecule has 0 radical (unpaired) electrons. The molecule has 1 amide bonds. The SMILES string of the molecule is COc1ccc(C(=O)NC[C@@H]2CCCO2)cc1COc1ccc(Cl)cc1. The highest BCUT2D eigenvalue weighted by Crippen LogP contribution is 2.23. The summed E-state index contributed by atoms with van der Waals surface area (Å²) in [4.78, 5) is 12.4. The number of rotatable bonds is 7. The first kappa shape index (κ1) is 18.5. The molecule has 3 rings (SSSR count). The second kappa shape index (κ2) is 8.92. The van der Waals surface area contributed by atoms with Crippen molar-refractivity contribution in [3.63, 3.8) is 0 Å². The summed E-state index contributed by atoms with van der Waals surface area (Å²) in [6.07, 6.45) is 2.16. The Hall–Kier alpha value is -2.24. The third-order valence-electron chi connectivity index (χ3n) is 4.26. The van der Waals surface area contributed by atoms with Crippen molar-refractivity contribution in [3.05, 3.63) is 58.6 Å². The van der Waals surface area contributed by atoms with Crippen LogP contribution in [0, 0.1) is 0 Å². The van der Waals surface area contributed by atoms with Crippen LogP contribution in [0.15, 0.2) is 42.5 Å². The lowest BCUT2D eigenvalue weighted by atomic mass is 10.1. The number of carbonyl (C=O) groups excluding carboxylic acids is 1. The van der Waals surface area contributed by atoms with Gasteiger partial charge in [-0.05, 0) is 55.3 Å². The molecule has 1 heterocycles. The summed E-state index contributed by atoms with van der Waals surface area (Å²) in [6, 6.07) is 12.4. The van der Waals surface area contributed by atoms with Crippen LogP contribution in [0.5, 0.6) is 11.5 Å². The van der Waals surface area contributed by atoms with Gasteiger partial charge in [-0.15, -0.1) is 0 Å². The normalized spacial score (nSPS) is 16.3. The first-order valence-electron chi connectivity index (χ1n) is 8.61. The van der Waals surface area contributed by atoms with E-state index in [-0.39, 0.29) is 18.6 Å². The number of carbonyl (C=O) groups is 1. The predicted octanol–water partition coefficient (Wildman–Crippen LogP) is 3.84. The molecule has 1 N–H and O–H groups in total. The number of nitrogens with one attached hydrogen (secondary N) is 1. The van der Waals surface area contributed by atoms with Gasteiger partial charge in [-0.25, -0.2) is 0 Å². The van der Waals surface area contributed by atoms with Crippen molar-refractivity contribution >= 4 is 17.5 Å². The summed E-state index contributed by atoms with van der Waals surface area (Å²) in [7, 11) is 1.60. The zero-order chi connectivity index (χ0) is 18.4. The monoisotopic (exact) mass is 375 g/mol. The average Bonchev–Trinajstić information content (AvgIpc) is 3.19. The molecule has 0 unspecified atom stereocenters. The van der Waals surface area contributed by atoms with Gasteiger partial charge in [0.1, 0.15) is 18.1 Å². The Bertz CT molecular complexity index is 742. The van der Waals surface area contributed by atoms with Crippen LogP contribution in [0.4, 0.5) is 0 Å². The Morgan fingerprint density at radius 2 is 2.08 bits per heavy atom. The van der Waals surface area contributed by atoms with Gasteiger partial charge in [0.25, 0.3) is 5.91 Å². The van der Waals surface area contributed by atoms with Crippen molar-refractivity contribution < 1.29 is 19.0 Å². The first-order valence-corrected chi connectivity index (χ1v) is 8.98. The Morgan fingerprint density at radius 1 is 1.27 bits per heavy atom. The highest BCUT2D eigenvalue weighted by atomic mass is 35.5. The molecule has 0 spiro atoms. The van der Waals surface area contributed by atoms with E-state index >= 15 is 0 Å². The van der Waals surface area contributed by atoms with Crippen LogP contribution < -0.4 is 14.8 Å². The summed E-state index contributed by atoms with van der Waals surface area (Å²) in [5, 5.41) is 3.58. The fourth-order valence-corrected chi connectivity index (χ4v) is 2.96. The number of hydrogen-bond donors (Lipinski definition) is 1. The zero-order valence-electron chi connectivity index (χ0n) is 14.7. The lowest BCUT2D eigenvalue weighted by Crippen LogP contribution is -2.31. The fraction of sp³-hybridized carbons (Fsp3) is 0.350. The third kappa shape index (κ3) is 4.90. The minimum Gasteiger partial charge on any atom is -0.496 e. The summed E-state index contributed by atoms with van der Waals surface area (Å²) < 4.78 is 16.7. The minimum atomic E-state index is -0.129. The Morgan fingerprint density at radius 3 is 2.77 bits per heavy atom. The van der Waals surface area contributed by atoms with Gasteiger partial charge in [-0.1, -0.05) is 11.6 Å². The average molecular weight is 376 g/mol. The lowest BCUT2D eigenvalue weighted by molar-refractivity contribution is 0.0857. The van der Waals surface area contributed by atoms with E-state index in [4.69, 9.17) is 25.8 Å². The fourth-order valence-electron chi connectivity index (χ4n) is 2.84. The van der Waals surface area contributed by atoms with Crippen LogP contribution in [-0.4, -0.2) is 32.3 Å². The number of halogens is 1. The molecule has 2 aromatic rings. The van der Waals surface area contributed by atoms with Gasteiger partial charge in [-0.3, -0.25) is 4.79 Å². The highest BCUT2D eigenvalue weighted by molar-refractivity contribution is 6.30. The van der Waals surface area contributed by atoms with Crippen molar-refractivity contribution in [2.45, 2.75) is 25.6 Å². The quantitative estimate of drug-likeness (QED) is 0.798. The van der Waals surface area contributed by atoms with Gasteiger partial charge in [0.15, 0.2) is 0 Å². The molecule has 138 valence electrons. The number of amides is 1. The van der Waals surface area contributed by atoms with E-state index in [1.807, 2.05) is 0 Å². The van der Waals surface area contributed by atoms with Crippen molar-refractivity contribution in [3.8, 4) is 11.5 Å². The second-order valence-electron chi connectivity index (χ2n) is 6.11. The van der Waals surface area contributed by atoms with E-state index in [1.54, 1.807) is 49.6 Å². The van der Waals surface area contributed by atoms with E-state index in [0.29, 0.717) is 28.6 Å². The molecule has 5 nitrogen and oxygen atoms in total. The number of methoxy groups -OCH3 is 1. The van der Waals surface area contributed by atoms with E-state index in [0.717, 1.165) is 25.0 Å². The molecule has 6 heteroatoms. The van der Waals surface area contributed by atoms with Crippen molar-refractivity contribution in [1.82, 2.24) is 5.32 Å². The van der Waals surface area contributed by atoms with E-state index in [1.165, 1.54) is 0 Å². The molecule has 1 aliphatic rings. The molecule has 0 aromatic heterocycles. The first-order chi connectivity index (χ1) is 12.7. The molecule has 1 aliphatic heterocycles. The molecule has 26 heavy (non-hydrogen) atoms.